The predicted octanol–water partition coefficient (Wildman–Crippen LogP) is 2.66. The van der Waals surface area contributed by atoms with Crippen molar-refractivity contribution < 1.29 is 14.2 Å². The van der Waals surface area contributed by atoms with Gasteiger partial charge in [0.05, 0.1) is 25.9 Å². The van der Waals surface area contributed by atoms with Crippen LogP contribution < -0.4 is 5.32 Å². The summed E-state index contributed by atoms with van der Waals surface area (Å²) in [6, 6.07) is 6.15. The van der Waals surface area contributed by atoms with Gasteiger partial charge >= 0.3 is 0 Å². The Morgan fingerprint density at radius 3 is 2.90 bits per heavy atom. The van der Waals surface area contributed by atoms with E-state index >= 15 is 0 Å². The Morgan fingerprint density at radius 1 is 1.33 bits per heavy atom. The maximum Gasteiger partial charge on any atom is 0.173 e. The van der Waals surface area contributed by atoms with Gasteiger partial charge < -0.3 is 19.5 Å². The van der Waals surface area contributed by atoms with Crippen LogP contribution in [0.2, 0.25) is 5.02 Å². The Bertz CT molecular complexity index is 488. The number of halogens is 1. The van der Waals surface area contributed by atoms with Gasteiger partial charge in [0.1, 0.15) is 0 Å². The van der Waals surface area contributed by atoms with Gasteiger partial charge in [-0.1, -0.05) is 23.7 Å². The lowest BCUT2D eigenvalue weighted by Gasteiger charge is -2.31. The highest BCUT2D eigenvalue weighted by atomic mass is 35.5. The van der Waals surface area contributed by atoms with Gasteiger partial charge in [-0.3, -0.25) is 0 Å². The molecule has 2 saturated heterocycles. The molecule has 0 unspecified atom stereocenters. The van der Waals surface area contributed by atoms with Crippen molar-refractivity contribution in [3.05, 3.63) is 34.3 Å². The lowest BCUT2D eigenvalue weighted by Crippen LogP contribution is -2.39. The fourth-order valence-corrected chi connectivity index (χ4v) is 2.99. The van der Waals surface area contributed by atoms with E-state index in [0.717, 1.165) is 49.7 Å². The molecular formula is C16H22ClNO3. The van der Waals surface area contributed by atoms with E-state index in [2.05, 4.69) is 11.4 Å². The van der Waals surface area contributed by atoms with E-state index in [4.69, 9.17) is 25.8 Å². The fourth-order valence-electron chi connectivity index (χ4n) is 2.79. The first-order valence-corrected chi connectivity index (χ1v) is 7.90. The first kappa shape index (κ1) is 15.3. The van der Waals surface area contributed by atoms with E-state index in [1.807, 2.05) is 19.1 Å². The molecule has 1 N–H and O–H groups in total. The van der Waals surface area contributed by atoms with Crippen LogP contribution in [0.15, 0.2) is 18.2 Å². The number of aryl methyl sites for hydroxylation is 1. The van der Waals surface area contributed by atoms with Crippen molar-refractivity contribution in [1.29, 1.82) is 0 Å². The predicted molar refractivity (Wildman–Crippen MR) is 81.5 cm³/mol. The summed E-state index contributed by atoms with van der Waals surface area (Å²) < 4.78 is 17.3. The average molecular weight is 312 g/mol. The Labute approximate surface area is 130 Å². The minimum Gasteiger partial charge on any atom is -0.381 e. The van der Waals surface area contributed by atoms with Gasteiger partial charge in [0.15, 0.2) is 5.79 Å². The molecule has 1 spiro atoms. The molecule has 1 atom stereocenters. The molecule has 0 bridgehead atoms. The molecule has 3 rings (SSSR count). The first-order valence-electron chi connectivity index (χ1n) is 7.52. The van der Waals surface area contributed by atoms with E-state index in [1.54, 1.807) is 0 Å². The first-order chi connectivity index (χ1) is 10.2. The second-order valence-corrected chi connectivity index (χ2v) is 6.20. The average Bonchev–Trinajstić information content (AvgIpc) is 2.86. The third-order valence-electron chi connectivity index (χ3n) is 4.11. The Morgan fingerprint density at radius 2 is 2.14 bits per heavy atom. The zero-order valence-electron chi connectivity index (χ0n) is 12.4. The fraction of sp³-hybridized carbons (Fsp3) is 0.625. The molecule has 5 heteroatoms. The van der Waals surface area contributed by atoms with Crippen molar-refractivity contribution >= 4 is 11.6 Å². The zero-order valence-corrected chi connectivity index (χ0v) is 13.1. The van der Waals surface area contributed by atoms with Crippen molar-refractivity contribution in [3.63, 3.8) is 0 Å². The van der Waals surface area contributed by atoms with Gasteiger partial charge in [-0.25, -0.2) is 0 Å². The molecular weight excluding hydrogens is 290 g/mol. The van der Waals surface area contributed by atoms with Crippen molar-refractivity contribution in [2.24, 2.45) is 0 Å². The molecule has 0 amide bonds. The maximum atomic E-state index is 6.13. The standard InChI is InChI=1S/C16H22ClNO3/c1-12-2-3-13(8-15(12)17)9-18-10-14-11-20-16(21-14)4-6-19-7-5-16/h2-3,8,14,18H,4-7,9-11H2,1H3/t14-/m1/s1. The minimum atomic E-state index is -0.391. The van der Waals surface area contributed by atoms with Crippen molar-refractivity contribution in [2.45, 2.75) is 38.2 Å². The van der Waals surface area contributed by atoms with Crippen LogP contribution in [0.25, 0.3) is 0 Å². The highest BCUT2D eigenvalue weighted by Gasteiger charge is 2.42. The molecule has 0 aliphatic carbocycles. The number of rotatable bonds is 4. The summed E-state index contributed by atoms with van der Waals surface area (Å²) in [6.07, 6.45) is 1.78. The summed E-state index contributed by atoms with van der Waals surface area (Å²) in [5.41, 5.74) is 2.29. The second-order valence-electron chi connectivity index (χ2n) is 5.79. The quantitative estimate of drug-likeness (QED) is 0.928. The molecule has 2 aliphatic heterocycles. The van der Waals surface area contributed by atoms with E-state index in [9.17, 15) is 0 Å². The van der Waals surface area contributed by atoms with Crippen LogP contribution >= 0.6 is 11.6 Å². The summed E-state index contributed by atoms with van der Waals surface area (Å²) >= 11 is 6.13. The van der Waals surface area contributed by atoms with Gasteiger partial charge in [-0.05, 0) is 24.1 Å². The third-order valence-corrected chi connectivity index (χ3v) is 4.51. The number of nitrogens with one attached hydrogen (secondary N) is 1. The minimum absolute atomic E-state index is 0.115. The maximum absolute atomic E-state index is 6.13. The van der Waals surface area contributed by atoms with Crippen LogP contribution in [-0.4, -0.2) is 38.3 Å². The van der Waals surface area contributed by atoms with E-state index in [0.29, 0.717) is 6.61 Å². The summed E-state index contributed by atoms with van der Waals surface area (Å²) in [6.45, 7) is 5.69. The van der Waals surface area contributed by atoms with Crippen molar-refractivity contribution in [1.82, 2.24) is 5.32 Å². The molecule has 0 aromatic heterocycles. The molecule has 2 heterocycles. The van der Waals surface area contributed by atoms with Gasteiger partial charge in [-0.15, -0.1) is 0 Å². The highest BCUT2D eigenvalue weighted by Crippen LogP contribution is 2.32. The topological polar surface area (TPSA) is 39.7 Å². The summed E-state index contributed by atoms with van der Waals surface area (Å²) in [5.74, 6) is -0.391. The lowest BCUT2D eigenvalue weighted by molar-refractivity contribution is -0.210. The Hall–Kier alpha value is -0.650. The highest BCUT2D eigenvalue weighted by molar-refractivity contribution is 6.31. The van der Waals surface area contributed by atoms with Crippen LogP contribution in [0.5, 0.6) is 0 Å². The van der Waals surface area contributed by atoms with Gasteiger partial charge in [0.2, 0.25) is 0 Å². The molecule has 0 saturated carbocycles. The van der Waals surface area contributed by atoms with E-state index in [1.165, 1.54) is 5.56 Å². The summed E-state index contributed by atoms with van der Waals surface area (Å²) in [4.78, 5) is 0. The van der Waals surface area contributed by atoms with Crippen molar-refractivity contribution in [2.75, 3.05) is 26.4 Å². The van der Waals surface area contributed by atoms with Crippen LogP contribution in [0, 0.1) is 6.92 Å². The normalized spacial score (nSPS) is 24.6. The van der Waals surface area contributed by atoms with E-state index in [-0.39, 0.29) is 6.10 Å². The molecule has 21 heavy (non-hydrogen) atoms. The number of ether oxygens (including phenoxy) is 3. The lowest BCUT2D eigenvalue weighted by atomic mass is 10.1. The second kappa shape index (κ2) is 6.63. The molecule has 0 radical (unpaired) electrons. The van der Waals surface area contributed by atoms with Crippen LogP contribution in [0.3, 0.4) is 0 Å². The van der Waals surface area contributed by atoms with Crippen LogP contribution in [0.1, 0.15) is 24.0 Å². The van der Waals surface area contributed by atoms with Gasteiger partial charge in [0.25, 0.3) is 0 Å². The summed E-state index contributed by atoms with van der Waals surface area (Å²) in [5, 5.41) is 4.23. The molecule has 4 nitrogen and oxygen atoms in total. The summed E-state index contributed by atoms with van der Waals surface area (Å²) in [7, 11) is 0. The Kier molecular flexibility index (Phi) is 4.82. The van der Waals surface area contributed by atoms with Crippen molar-refractivity contribution in [3.8, 4) is 0 Å². The molecule has 116 valence electrons. The third kappa shape index (κ3) is 3.76. The molecule has 1 aromatic rings. The van der Waals surface area contributed by atoms with Gasteiger partial charge in [0, 0.05) is 31.0 Å². The van der Waals surface area contributed by atoms with Gasteiger partial charge in [-0.2, -0.15) is 0 Å². The molecule has 2 fully saturated rings. The molecule has 1 aromatic carbocycles. The zero-order chi connectivity index (χ0) is 14.7. The van der Waals surface area contributed by atoms with E-state index < -0.39 is 5.79 Å². The molecule has 2 aliphatic rings. The number of hydrogen-bond donors (Lipinski definition) is 1. The number of hydrogen-bond acceptors (Lipinski definition) is 4. The monoisotopic (exact) mass is 311 g/mol. The van der Waals surface area contributed by atoms with Crippen LogP contribution in [-0.2, 0) is 20.8 Å². The van der Waals surface area contributed by atoms with Crippen LogP contribution in [0.4, 0.5) is 0 Å². The Balaban J connectivity index is 1.44. The number of benzene rings is 1. The smallest absolute Gasteiger partial charge is 0.173 e. The SMILES string of the molecule is Cc1ccc(CNC[C@@H]2COC3(CCOCC3)O2)cc1Cl. The largest absolute Gasteiger partial charge is 0.381 e.